The van der Waals surface area contributed by atoms with Gasteiger partial charge in [0.05, 0.1) is 0 Å². The molecule has 27 heavy (non-hydrogen) atoms. The van der Waals surface area contributed by atoms with Crippen molar-refractivity contribution in [1.82, 2.24) is 0 Å². The van der Waals surface area contributed by atoms with Crippen molar-refractivity contribution >= 4 is 29.3 Å². The second-order valence-corrected chi connectivity index (χ2v) is 10.2. The Kier molecular flexibility index (Phi) is 4.79. The topological polar surface area (TPSA) is 71.4 Å². The van der Waals surface area contributed by atoms with Crippen molar-refractivity contribution in [2.45, 2.75) is 20.8 Å². The van der Waals surface area contributed by atoms with Crippen LogP contribution < -0.4 is 10.6 Å². The number of hydrogen-bond donors (Lipinski definition) is 1. The normalized spacial score (nSPS) is 15.7. The van der Waals surface area contributed by atoms with Crippen LogP contribution in [0.4, 0.5) is 0 Å². The number of benzene rings is 2. The lowest BCUT2D eigenvalue weighted by molar-refractivity contribution is -0.118. The van der Waals surface area contributed by atoms with Crippen LogP contribution >= 0.6 is 7.14 Å². The molecule has 0 aromatic heterocycles. The van der Waals surface area contributed by atoms with Crippen molar-refractivity contribution in [3.63, 3.8) is 0 Å². The largest absolute Gasteiger partial charge is 0.503 e. The van der Waals surface area contributed by atoms with Crippen LogP contribution in [0.1, 0.15) is 20.8 Å². The van der Waals surface area contributed by atoms with Gasteiger partial charge in [0.2, 0.25) is 5.78 Å². The van der Waals surface area contributed by atoms with Crippen LogP contribution in [0.3, 0.4) is 0 Å². The van der Waals surface area contributed by atoms with Crippen LogP contribution in [-0.2, 0) is 14.2 Å². The van der Waals surface area contributed by atoms with E-state index in [0.717, 1.165) is 0 Å². The summed E-state index contributed by atoms with van der Waals surface area (Å²) in [6.45, 7) is 5.36. The van der Waals surface area contributed by atoms with Crippen molar-refractivity contribution in [2.24, 2.45) is 5.41 Å². The molecule has 1 aliphatic carbocycles. The number of aliphatic hydroxyl groups is 1. The van der Waals surface area contributed by atoms with E-state index in [1.54, 1.807) is 81.4 Å². The fourth-order valence-electron chi connectivity index (χ4n) is 3.16. The molecule has 1 N–H and O–H groups in total. The Labute approximate surface area is 158 Å². The zero-order valence-corrected chi connectivity index (χ0v) is 16.4. The van der Waals surface area contributed by atoms with Crippen LogP contribution in [0.15, 0.2) is 83.4 Å². The Morgan fingerprint density at radius 3 is 1.67 bits per heavy atom. The predicted molar refractivity (Wildman–Crippen MR) is 107 cm³/mol. The van der Waals surface area contributed by atoms with E-state index in [9.17, 15) is 19.3 Å². The van der Waals surface area contributed by atoms with Crippen molar-refractivity contribution in [3.05, 3.63) is 83.4 Å². The second kappa shape index (κ2) is 6.79. The summed E-state index contributed by atoms with van der Waals surface area (Å²) in [7, 11) is -3.71. The highest BCUT2D eigenvalue weighted by Gasteiger charge is 2.44. The first-order valence-electron chi connectivity index (χ1n) is 8.63. The third kappa shape index (κ3) is 3.22. The predicted octanol–water partition coefficient (Wildman–Crippen LogP) is 3.89. The summed E-state index contributed by atoms with van der Waals surface area (Å²) in [4.78, 5) is 25.8. The third-order valence-corrected chi connectivity index (χ3v) is 7.67. The lowest BCUT2D eigenvalue weighted by Gasteiger charge is -2.28. The molecule has 0 fully saturated rings. The molecule has 4 nitrogen and oxygen atoms in total. The average Bonchev–Trinajstić information content (AvgIpc) is 2.65. The summed E-state index contributed by atoms with van der Waals surface area (Å²) in [5, 5.41) is 11.2. The smallest absolute Gasteiger partial charge is 0.224 e. The first kappa shape index (κ1) is 19.1. The molecule has 1 aliphatic rings. The Balaban J connectivity index is 2.30. The molecule has 3 rings (SSSR count). The Bertz CT molecular complexity index is 966. The minimum atomic E-state index is -3.71. The van der Waals surface area contributed by atoms with Crippen LogP contribution in [0, 0.1) is 5.41 Å². The van der Waals surface area contributed by atoms with Gasteiger partial charge in [0, 0.05) is 16.2 Å². The zero-order valence-electron chi connectivity index (χ0n) is 15.5. The average molecular weight is 380 g/mol. The van der Waals surface area contributed by atoms with E-state index in [-0.39, 0.29) is 10.9 Å². The van der Waals surface area contributed by atoms with Gasteiger partial charge in [-0.2, -0.15) is 0 Å². The number of aliphatic hydroxyl groups excluding tert-OH is 1. The highest BCUT2D eigenvalue weighted by Crippen LogP contribution is 2.55. The molecule has 138 valence electrons. The van der Waals surface area contributed by atoms with Crippen molar-refractivity contribution in [2.75, 3.05) is 0 Å². The summed E-state index contributed by atoms with van der Waals surface area (Å²) in [5.41, 5.74) is -0.406. The Hall–Kier alpha value is -2.71. The SMILES string of the molecule is CC(C)(C)C1=CC(=O)C(P(=O)(c2ccccc2)c2ccccc2)=C(O)C1=O. The fourth-order valence-corrected chi connectivity index (χ4v) is 5.93. The molecule has 0 heterocycles. The lowest BCUT2D eigenvalue weighted by Crippen LogP contribution is -2.30. The highest BCUT2D eigenvalue weighted by atomic mass is 31.2. The Morgan fingerprint density at radius 1 is 0.815 bits per heavy atom. The van der Waals surface area contributed by atoms with Crippen molar-refractivity contribution < 1.29 is 19.3 Å². The molecule has 0 saturated carbocycles. The number of carbonyl (C=O) groups excluding carboxylic acids is 2. The number of Topliss-reactive ketones (excluding diaryl/α,β-unsaturated/α-hetero) is 1. The monoisotopic (exact) mass is 380 g/mol. The third-order valence-electron chi connectivity index (χ3n) is 4.56. The highest BCUT2D eigenvalue weighted by molar-refractivity contribution is 7.83. The molecule has 2 aromatic rings. The summed E-state index contributed by atoms with van der Waals surface area (Å²) >= 11 is 0. The van der Waals surface area contributed by atoms with E-state index in [1.807, 2.05) is 0 Å². The van der Waals surface area contributed by atoms with Crippen molar-refractivity contribution in [1.29, 1.82) is 0 Å². The first-order valence-corrected chi connectivity index (χ1v) is 10.3. The van der Waals surface area contributed by atoms with Crippen LogP contribution in [0.25, 0.3) is 0 Å². The van der Waals surface area contributed by atoms with Gasteiger partial charge in [0.15, 0.2) is 18.7 Å². The molecule has 0 unspecified atom stereocenters. The zero-order chi connectivity index (χ0) is 19.8. The van der Waals surface area contributed by atoms with E-state index >= 15 is 0 Å². The molecular formula is C22H21O4P. The van der Waals surface area contributed by atoms with Crippen LogP contribution in [-0.4, -0.2) is 16.7 Å². The Morgan fingerprint density at radius 2 is 1.26 bits per heavy atom. The molecule has 0 bridgehead atoms. The number of carbonyl (C=O) groups is 2. The van der Waals surface area contributed by atoms with Gasteiger partial charge in [-0.3, -0.25) is 9.59 Å². The van der Waals surface area contributed by atoms with E-state index < -0.39 is 29.9 Å². The molecule has 2 aromatic carbocycles. The molecule has 0 spiro atoms. The quantitative estimate of drug-likeness (QED) is 0.648. The van der Waals surface area contributed by atoms with Crippen molar-refractivity contribution in [3.8, 4) is 0 Å². The van der Waals surface area contributed by atoms with Gasteiger partial charge < -0.3 is 9.67 Å². The van der Waals surface area contributed by atoms with Gasteiger partial charge in [-0.1, -0.05) is 81.4 Å². The number of allylic oxidation sites excluding steroid dienone is 3. The maximum atomic E-state index is 14.3. The minimum absolute atomic E-state index is 0.210. The van der Waals surface area contributed by atoms with E-state index in [1.165, 1.54) is 6.08 Å². The molecule has 0 aliphatic heterocycles. The van der Waals surface area contributed by atoms with E-state index in [4.69, 9.17) is 0 Å². The van der Waals surface area contributed by atoms with Gasteiger partial charge in [-0.25, -0.2) is 0 Å². The summed E-state index contributed by atoms with van der Waals surface area (Å²) in [5.74, 6) is -1.96. The molecule has 0 atom stereocenters. The summed E-state index contributed by atoms with van der Waals surface area (Å²) in [6, 6.07) is 17.0. The minimum Gasteiger partial charge on any atom is -0.503 e. The standard InChI is InChI=1S/C22H21O4P/c1-22(2,3)17-14-18(23)21(20(25)19(17)24)27(26,15-10-6-4-7-11-15)16-12-8-5-9-13-16/h4-14,25H,1-3H3. The first-order chi connectivity index (χ1) is 12.7. The van der Waals surface area contributed by atoms with E-state index in [0.29, 0.717) is 10.6 Å². The van der Waals surface area contributed by atoms with Gasteiger partial charge in [0.1, 0.15) is 5.31 Å². The molecule has 0 saturated heterocycles. The summed E-state index contributed by atoms with van der Waals surface area (Å²) in [6.07, 6.45) is 1.22. The number of rotatable bonds is 3. The molecule has 0 amide bonds. The number of ketones is 2. The second-order valence-electron chi connectivity index (χ2n) is 7.48. The molecular weight excluding hydrogens is 359 g/mol. The van der Waals surface area contributed by atoms with Crippen LogP contribution in [0.5, 0.6) is 0 Å². The van der Waals surface area contributed by atoms with Gasteiger partial charge in [-0.15, -0.1) is 0 Å². The van der Waals surface area contributed by atoms with Gasteiger partial charge >= 0.3 is 0 Å². The lowest BCUT2D eigenvalue weighted by atomic mass is 9.81. The number of hydrogen-bond acceptors (Lipinski definition) is 4. The molecule has 5 heteroatoms. The maximum Gasteiger partial charge on any atom is 0.224 e. The van der Waals surface area contributed by atoms with Crippen LogP contribution in [0.2, 0.25) is 0 Å². The summed E-state index contributed by atoms with van der Waals surface area (Å²) < 4.78 is 14.3. The van der Waals surface area contributed by atoms with E-state index in [2.05, 4.69) is 0 Å². The maximum absolute atomic E-state index is 14.3. The molecule has 0 radical (unpaired) electrons. The van der Waals surface area contributed by atoms with Gasteiger partial charge in [-0.05, 0) is 11.5 Å². The van der Waals surface area contributed by atoms with Gasteiger partial charge in [0.25, 0.3) is 0 Å². The fraction of sp³-hybridized carbons (Fsp3) is 0.182.